The summed E-state index contributed by atoms with van der Waals surface area (Å²) in [5, 5.41) is 18.8. The lowest BCUT2D eigenvalue weighted by Gasteiger charge is -2.08. The van der Waals surface area contributed by atoms with Crippen LogP contribution in [0.15, 0.2) is 53.3 Å². The van der Waals surface area contributed by atoms with E-state index in [0.717, 1.165) is 28.9 Å². The largest absolute Gasteiger partial charge is 0.496 e. The van der Waals surface area contributed by atoms with Crippen LogP contribution in [0.5, 0.6) is 5.75 Å². The minimum atomic E-state index is -0.269. The molecule has 0 saturated carbocycles. The van der Waals surface area contributed by atoms with Gasteiger partial charge in [-0.2, -0.15) is 10.5 Å². The first-order valence-corrected chi connectivity index (χ1v) is 9.45. The summed E-state index contributed by atoms with van der Waals surface area (Å²) in [6.07, 6.45) is 2.45. The topological polar surface area (TPSA) is 78.8 Å². The summed E-state index contributed by atoms with van der Waals surface area (Å²) < 4.78 is 7.58. The maximum absolute atomic E-state index is 13.3. The second-order valence-corrected chi connectivity index (χ2v) is 6.91. The van der Waals surface area contributed by atoms with Crippen molar-refractivity contribution >= 4 is 23.0 Å². The Kier molecular flexibility index (Phi) is 5.74. The molecule has 138 valence electrons. The first-order valence-electron chi connectivity index (χ1n) is 8.64. The molecule has 0 saturated heterocycles. The van der Waals surface area contributed by atoms with Gasteiger partial charge in [-0.15, -0.1) is 11.3 Å². The number of nitriles is 2. The molecule has 0 atom stereocenters. The number of rotatable bonds is 4. The van der Waals surface area contributed by atoms with Crippen LogP contribution in [-0.2, 0) is 6.42 Å². The van der Waals surface area contributed by atoms with E-state index >= 15 is 0 Å². The van der Waals surface area contributed by atoms with Crippen LogP contribution >= 0.6 is 11.3 Å². The monoisotopic (exact) mass is 387 g/mol. The molecular weight excluding hydrogens is 370 g/mol. The number of ether oxygens (including phenoxy) is 1. The molecule has 2 aromatic carbocycles. The molecule has 0 unspecified atom stereocenters. The number of aryl methyl sites for hydroxylation is 1. The summed E-state index contributed by atoms with van der Waals surface area (Å²) in [7, 11) is 1.57. The molecule has 0 spiro atoms. The molecule has 5 nitrogen and oxygen atoms in total. The summed E-state index contributed by atoms with van der Waals surface area (Å²) in [4.78, 5) is 13.3. The van der Waals surface area contributed by atoms with Gasteiger partial charge < -0.3 is 4.74 Å². The molecule has 0 aliphatic heterocycles. The zero-order chi connectivity index (χ0) is 20.1. The zero-order valence-corrected chi connectivity index (χ0v) is 16.3. The van der Waals surface area contributed by atoms with E-state index in [-0.39, 0.29) is 11.1 Å². The van der Waals surface area contributed by atoms with E-state index in [1.54, 1.807) is 13.2 Å². The first kappa shape index (κ1) is 19.2. The minimum Gasteiger partial charge on any atom is -0.496 e. The number of nitrogens with zero attached hydrogens (tertiary/aromatic N) is 3. The number of para-hydroxylation sites is 2. The molecule has 0 bridgehead atoms. The normalized spacial score (nSPS) is 10.9. The third kappa shape index (κ3) is 3.46. The van der Waals surface area contributed by atoms with Crippen molar-refractivity contribution in [2.75, 3.05) is 7.11 Å². The Hall–Kier alpha value is -3.61. The molecule has 6 heteroatoms. The molecule has 0 N–H and O–H groups in total. The van der Waals surface area contributed by atoms with E-state index in [9.17, 15) is 15.3 Å². The van der Waals surface area contributed by atoms with E-state index in [0.29, 0.717) is 20.6 Å². The van der Waals surface area contributed by atoms with Crippen LogP contribution in [0.1, 0.15) is 18.1 Å². The molecule has 3 aromatic rings. The second-order valence-electron chi connectivity index (χ2n) is 5.88. The highest BCUT2D eigenvalue weighted by Crippen LogP contribution is 2.18. The molecule has 0 aliphatic rings. The Morgan fingerprint density at radius 2 is 1.82 bits per heavy atom. The number of hydrogen-bond acceptors (Lipinski definition) is 5. The highest BCUT2D eigenvalue weighted by atomic mass is 32.1. The number of hydrogen-bond donors (Lipinski definition) is 0. The molecule has 0 radical (unpaired) electrons. The van der Waals surface area contributed by atoms with Crippen LogP contribution in [0.25, 0.3) is 17.3 Å². The van der Waals surface area contributed by atoms with E-state index < -0.39 is 0 Å². The maximum Gasteiger partial charge on any atom is 0.273 e. The predicted octanol–water partition coefficient (Wildman–Crippen LogP) is 2.50. The van der Waals surface area contributed by atoms with Crippen LogP contribution < -0.4 is 19.5 Å². The third-order valence-corrected chi connectivity index (χ3v) is 5.39. The van der Waals surface area contributed by atoms with Crippen LogP contribution in [0.3, 0.4) is 0 Å². The highest BCUT2D eigenvalue weighted by molar-refractivity contribution is 7.07. The SMILES string of the molecule is CCc1ccccc1-n1c(=C(C#N)C#N)s/c(=C/c2ccccc2OC)c1=O. The van der Waals surface area contributed by atoms with Gasteiger partial charge in [0.05, 0.1) is 17.3 Å². The van der Waals surface area contributed by atoms with Crippen molar-refractivity contribution in [3.05, 3.63) is 79.2 Å². The lowest BCUT2D eigenvalue weighted by Crippen LogP contribution is -2.31. The fraction of sp³-hybridized carbons (Fsp3) is 0.136. The van der Waals surface area contributed by atoms with Crippen molar-refractivity contribution in [1.29, 1.82) is 10.5 Å². The Labute approximate surface area is 166 Å². The fourth-order valence-electron chi connectivity index (χ4n) is 2.94. The molecule has 1 aromatic heterocycles. The fourth-order valence-corrected chi connectivity index (χ4v) is 3.98. The summed E-state index contributed by atoms with van der Waals surface area (Å²) in [6.45, 7) is 2.00. The maximum atomic E-state index is 13.3. The van der Waals surface area contributed by atoms with Crippen molar-refractivity contribution in [2.45, 2.75) is 13.3 Å². The number of thiazole rings is 1. The van der Waals surface area contributed by atoms with Crippen LogP contribution in [0.2, 0.25) is 0 Å². The first-order chi connectivity index (χ1) is 13.6. The van der Waals surface area contributed by atoms with E-state index in [2.05, 4.69) is 0 Å². The predicted molar refractivity (Wildman–Crippen MR) is 110 cm³/mol. The lowest BCUT2D eigenvalue weighted by atomic mass is 10.1. The van der Waals surface area contributed by atoms with Gasteiger partial charge in [0.15, 0.2) is 5.57 Å². The zero-order valence-electron chi connectivity index (χ0n) is 15.5. The van der Waals surface area contributed by atoms with Gasteiger partial charge in [-0.3, -0.25) is 9.36 Å². The van der Waals surface area contributed by atoms with E-state index in [1.165, 1.54) is 4.57 Å². The average molecular weight is 387 g/mol. The van der Waals surface area contributed by atoms with Crippen molar-refractivity contribution in [1.82, 2.24) is 4.57 Å². The molecule has 0 aliphatic carbocycles. The molecule has 0 amide bonds. The van der Waals surface area contributed by atoms with Gasteiger partial charge in [0.25, 0.3) is 5.56 Å². The quantitative estimate of drug-likeness (QED) is 0.689. The highest BCUT2D eigenvalue weighted by Gasteiger charge is 2.13. The average Bonchev–Trinajstić information content (AvgIpc) is 3.05. The van der Waals surface area contributed by atoms with Crippen molar-refractivity contribution < 1.29 is 4.74 Å². The summed E-state index contributed by atoms with van der Waals surface area (Å²) in [5.41, 5.74) is 2.04. The van der Waals surface area contributed by atoms with Crippen molar-refractivity contribution in [3.63, 3.8) is 0 Å². The van der Waals surface area contributed by atoms with Gasteiger partial charge in [0, 0.05) is 5.56 Å². The van der Waals surface area contributed by atoms with Crippen molar-refractivity contribution in [2.24, 2.45) is 0 Å². The van der Waals surface area contributed by atoms with Gasteiger partial charge in [-0.25, -0.2) is 0 Å². The lowest BCUT2D eigenvalue weighted by molar-refractivity contribution is 0.414. The van der Waals surface area contributed by atoms with Gasteiger partial charge in [-0.1, -0.05) is 43.3 Å². The standard InChI is InChI=1S/C22H17N3O2S/c1-3-15-8-4-6-10-18(15)25-21(26)20(28-22(25)17(13-23)14-24)12-16-9-5-7-11-19(16)27-2/h4-12H,3H2,1-2H3/b20-12+. The Morgan fingerprint density at radius 3 is 2.50 bits per heavy atom. The van der Waals surface area contributed by atoms with Gasteiger partial charge in [0.1, 0.15) is 22.6 Å². The number of methoxy groups -OCH3 is 1. The molecule has 1 heterocycles. The Balaban J connectivity index is 2.44. The second kappa shape index (κ2) is 8.39. The van der Waals surface area contributed by atoms with Crippen LogP contribution in [0, 0.1) is 22.7 Å². The Bertz CT molecular complexity index is 1270. The van der Waals surface area contributed by atoms with Crippen LogP contribution in [-0.4, -0.2) is 11.7 Å². The van der Waals surface area contributed by atoms with Crippen molar-refractivity contribution in [3.8, 4) is 23.6 Å². The molecule has 0 fully saturated rings. The van der Waals surface area contributed by atoms with E-state index in [1.807, 2.05) is 67.6 Å². The smallest absolute Gasteiger partial charge is 0.273 e. The third-order valence-electron chi connectivity index (χ3n) is 4.30. The molecular formula is C22H17N3O2S. The van der Waals surface area contributed by atoms with Gasteiger partial charge in [-0.05, 0) is 30.2 Å². The Morgan fingerprint density at radius 1 is 1.14 bits per heavy atom. The number of benzene rings is 2. The minimum absolute atomic E-state index is 0.0901. The molecule has 3 rings (SSSR count). The summed E-state index contributed by atoms with van der Waals surface area (Å²) >= 11 is 1.13. The summed E-state index contributed by atoms with van der Waals surface area (Å²) in [6, 6.07) is 18.7. The van der Waals surface area contributed by atoms with E-state index in [4.69, 9.17) is 4.74 Å². The van der Waals surface area contributed by atoms with Crippen LogP contribution in [0.4, 0.5) is 0 Å². The summed E-state index contributed by atoms with van der Waals surface area (Å²) in [5.74, 6) is 0.641. The number of aromatic nitrogens is 1. The molecule has 28 heavy (non-hydrogen) atoms. The van der Waals surface area contributed by atoms with Gasteiger partial charge >= 0.3 is 0 Å². The van der Waals surface area contributed by atoms with Gasteiger partial charge in [0.2, 0.25) is 0 Å².